The van der Waals surface area contributed by atoms with Crippen LogP contribution in [-0.2, 0) is 14.2 Å². The van der Waals surface area contributed by atoms with E-state index in [1.165, 1.54) is 12.0 Å². The molecular weight excluding hydrogens is 252 g/mol. The molecule has 0 bridgehead atoms. The summed E-state index contributed by atoms with van der Waals surface area (Å²) in [5, 5.41) is 0. The van der Waals surface area contributed by atoms with E-state index >= 15 is 0 Å². The summed E-state index contributed by atoms with van der Waals surface area (Å²) in [6.45, 7) is 9.16. The summed E-state index contributed by atoms with van der Waals surface area (Å²) in [7, 11) is 1.81. The zero-order valence-electron chi connectivity index (χ0n) is 12.9. The summed E-state index contributed by atoms with van der Waals surface area (Å²) in [5.41, 5.74) is 1.08. The molecule has 0 amide bonds. The third-order valence-electron chi connectivity index (χ3n) is 5.18. The lowest BCUT2D eigenvalue weighted by Crippen LogP contribution is -2.49. The Labute approximate surface area is 122 Å². The lowest BCUT2D eigenvalue weighted by Gasteiger charge is -2.38. The number of methoxy groups -OCH3 is 1. The predicted octanol–water partition coefficient (Wildman–Crippen LogP) is 3.25. The minimum absolute atomic E-state index is 0.00710. The number of allylic oxidation sites excluding steroid dienone is 1. The summed E-state index contributed by atoms with van der Waals surface area (Å²) in [4.78, 5) is 0. The maximum Gasteiger partial charge on any atom is 0.121 e. The van der Waals surface area contributed by atoms with Gasteiger partial charge in [-0.3, -0.25) is 0 Å². The third kappa shape index (κ3) is 2.16. The molecule has 5 atom stereocenters. The maximum atomic E-state index is 6.13. The van der Waals surface area contributed by atoms with Crippen LogP contribution in [0.25, 0.3) is 0 Å². The van der Waals surface area contributed by atoms with Gasteiger partial charge in [0, 0.05) is 7.11 Å². The first-order valence-electron chi connectivity index (χ1n) is 7.69. The molecule has 1 unspecified atom stereocenters. The molecule has 20 heavy (non-hydrogen) atoms. The molecule has 3 fully saturated rings. The van der Waals surface area contributed by atoms with Crippen LogP contribution in [0.5, 0.6) is 0 Å². The molecule has 0 aromatic heterocycles. The van der Waals surface area contributed by atoms with E-state index in [1.807, 2.05) is 13.2 Å². The van der Waals surface area contributed by atoms with Gasteiger partial charge in [-0.1, -0.05) is 17.7 Å². The van der Waals surface area contributed by atoms with Gasteiger partial charge in [-0.2, -0.15) is 0 Å². The zero-order chi connectivity index (χ0) is 14.4. The molecule has 0 radical (unpaired) electrons. The molecule has 2 heterocycles. The fourth-order valence-electron chi connectivity index (χ4n) is 4.00. The number of rotatable bonds is 5. The van der Waals surface area contributed by atoms with E-state index in [0.29, 0.717) is 5.92 Å². The normalized spacial score (nSPS) is 46.0. The molecule has 2 saturated heterocycles. The smallest absolute Gasteiger partial charge is 0.121 e. The van der Waals surface area contributed by atoms with Gasteiger partial charge < -0.3 is 14.2 Å². The van der Waals surface area contributed by atoms with E-state index in [1.54, 1.807) is 0 Å². The van der Waals surface area contributed by atoms with E-state index < -0.39 is 0 Å². The molecule has 112 valence electrons. The SMILES string of the molecule is C=C[C@]1([C@H]2[C@H](OC)CCC[C@]23CO3)OC1CC=C(C)C. The van der Waals surface area contributed by atoms with Crippen LogP contribution in [0.15, 0.2) is 24.3 Å². The van der Waals surface area contributed by atoms with Crippen LogP contribution >= 0.6 is 0 Å². The first-order valence-corrected chi connectivity index (χ1v) is 7.69. The van der Waals surface area contributed by atoms with Crippen molar-refractivity contribution in [3.63, 3.8) is 0 Å². The Morgan fingerprint density at radius 3 is 2.75 bits per heavy atom. The molecule has 1 aliphatic carbocycles. The van der Waals surface area contributed by atoms with Crippen molar-refractivity contribution in [1.82, 2.24) is 0 Å². The fourth-order valence-corrected chi connectivity index (χ4v) is 4.00. The maximum absolute atomic E-state index is 6.13. The molecule has 2 aliphatic heterocycles. The Morgan fingerprint density at radius 2 is 2.20 bits per heavy atom. The van der Waals surface area contributed by atoms with Crippen molar-refractivity contribution in [2.75, 3.05) is 13.7 Å². The van der Waals surface area contributed by atoms with Crippen LogP contribution in [0, 0.1) is 5.92 Å². The van der Waals surface area contributed by atoms with Gasteiger partial charge in [0.15, 0.2) is 0 Å². The van der Waals surface area contributed by atoms with E-state index in [-0.39, 0.29) is 23.4 Å². The monoisotopic (exact) mass is 278 g/mol. The van der Waals surface area contributed by atoms with Crippen molar-refractivity contribution in [3.05, 3.63) is 24.3 Å². The Bertz CT molecular complexity index is 420. The second-order valence-corrected chi connectivity index (χ2v) is 6.68. The molecule has 1 spiro atoms. The highest BCUT2D eigenvalue weighted by Crippen LogP contribution is 2.59. The highest BCUT2D eigenvalue weighted by atomic mass is 16.6. The summed E-state index contributed by atoms with van der Waals surface area (Å²) in [6, 6.07) is 0. The number of hydrogen-bond acceptors (Lipinski definition) is 3. The molecule has 0 N–H and O–H groups in total. The van der Waals surface area contributed by atoms with Gasteiger partial charge in [-0.05, 0) is 39.5 Å². The number of hydrogen-bond donors (Lipinski definition) is 0. The Hall–Kier alpha value is -0.640. The standard InChI is InChI=1S/C17H26O3/c1-5-17(14(20-17)9-8-12(2)3)15-13(18-4)7-6-10-16(15)11-19-16/h5,8,13-15H,1,6-7,9-11H2,2-4H3/t13-,14?,15+,16+,17+/m1/s1. The second kappa shape index (κ2) is 4.97. The topological polar surface area (TPSA) is 34.3 Å². The number of epoxide rings is 2. The fraction of sp³-hybridized carbons (Fsp3) is 0.765. The average Bonchev–Trinajstić information content (AvgIpc) is 3.34. The first-order chi connectivity index (χ1) is 9.58. The Kier molecular flexibility index (Phi) is 3.56. The van der Waals surface area contributed by atoms with Crippen LogP contribution in [0.3, 0.4) is 0 Å². The van der Waals surface area contributed by atoms with E-state index in [9.17, 15) is 0 Å². The highest BCUT2D eigenvalue weighted by Gasteiger charge is 2.71. The summed E-state index contributed by atoms with van der Waals surface area (Å²) >= 11 is 0. The van der Waals surface area contributed by atoms with E-state index in [2.05, 4.69) is 26.5 Å². The molecular formula is C17H26O3. The van der Waals surface area contributed by atoms with Crippen molar-refractivity contribution in [2.45, 2.75) is 62.9 Å². The molecule has 0 aromatic carbocycles. The predicted molar refractivity (Wildman–Crippen MR) is 78.7 cm³/mol. The van der Waals surface area contributed by atoms with Gasteiger partial charge >= 0.3 is 0 Å². The van der Waals surface area contributed by atoms with Crippen LogP contribution < -0.4 is 0 Å². The van der Waals surface area contributed by atoms with E-state index in [0.717, 1.165) is 25.9 Å². The molecule has 3 heteroatoms. The van der Waals surface area contributed by atoms with Crippen LogP contribution in [0.1, 0.15) is 39.5 Å². The Balaban J connectivity index is 1.81. The lowest BCUT2D eigenvalue weighted by atomic mass is 9.68. The second-order valence-electron chi connectivity index (χ2n) is 6.68. The molecule has 3 aliphatic rings. The van der Waals surface area contributed by atoms with Gasteiger partial charge in [0.25, 0.3) is 0 Å². The van der Waals surface area contributed by atoms with Crippen LogP contribution in [0.4, 0.5) is 0 Å². The minimum Gasteiger partial charge on any atom is -0.381 e. The van der Waals surface area contributed by atoms with Gasteiger partial charge in [0.05, 0.1) is 24.7 Å². The lowest BCUT2D eigenvalue weighted by molar-refractivity contribution is -0.0430. The molecule has 3 nitrogen and oxygen atoms in total. The first kappa shape index (κ1) is 14.3. The summed E-state index contributed by atoms with van der Waals surface area (Å²) < 4.78 is 17.7. The van der Waals surface area contributed by atoms with Crippen molar-refractivity contribution < 1.29 is 14.2 Å². The van der Waals surface area contributed by atoms with Gasteiger partial charge in [-0.25, -0.2) is 0 Å². The van der Waals surface area contributed by atoms with Crippen molar-refractivity contribution in [1.29, 1.82) is 0 Å². The largest absolute Gasteiger partial charge is 0.381 e. The highest BCUT2D eigenvalue weighted by molar-refractivity contribution is 5.27. The summed E-state index contributed by atoms with van der Waals surface area (Å²) in [5.74, 6) is 0.293. The van der Waals surface area contributed by atoms with Gasteiger partial charge in [0.2, 0.25) is 0 Å². The van der Waals surface area contributed by atoms with Gasteiger partial charge in [0.1, 0.15) is 11.2 Å². The molecule has 1 saturated carbocycles. The zero-order valence-corrected chi connectivity index (χ0v) is 12.9. The molecule has 0 aromatic rings. The van der Waals surface area contributed by atoms with Gasteiger partial charge in [-0.15, -0.1) is 6.58 Å². The Morgan fingerprint density at radius 1 is 1.45 bits per heavy atom. The third-order valence-corrected chi connectivity index (χ3v) is 5.18. The number of ether oxygens (including phenoxy) is 3. The summed E-state index contributed by atoms with van der Waals surface area (Å²) in [6.07, 6.45) is 9.07. The average molecular weight is 278 g/mol. The molecule has 3 rings (SSSR count). The quantitative estimate of drug-likeness (QED) is 0.572. The van der Waals surface area contributed by atoms with Crippen molar-refractivity contribution in [2.24, 2.45) is 5.92 Å². The van der Waals surface area contributed by atoms with Crippen molar-refractivity contribution in [3.8, 4) is 0 Å². The van der Waals surface area contributed by atoms with Crippen LogP contribution in [0.2, 0.25) is 0 Å². The van der Waals surface area contributed by atoms with E-state index in [4.69, 9.17) is 14.2 Å². The minimum atomic E-state index is -0.246. The van der Waals surface area contributed by atoms with Crippen LogP contribution in [-0.4, -0.2) is 37.1 Å². The van der Waals surface area contributed by atoms with Crippen molar-refractivity contribution >= 4 is 0 Å².